The standard InChI is InChI=1S/C32H24ClN3O3S/c33-29-15-22(20-11-13-34-16-20)14-23(30(29)40-31-21(18-37)6-5-12-35-31)17-36-32(38)39-19-28-26-9-3-1-7-24(26)25-8-2-4-10-27(25)28/h1-16,18,28,34H,17,19H2,(H,36,38). The molecule has 3 aromatic carbocycles. The van der Waals surface area contributed by atoms with Gasteiger partial charge in [0.15, 0.2) is 6.29 Å². The number of hydrogen-bond donors (Lipinski definition) is 2. The van der Waals surface area contributed by atoms with Crippen molar-refractivity contribution in [3.05, 3.63) is 125 Å². The van der Waals surface area contributed by atoms with Gasteiger partial charge in [0, 0.05) is 41.5 Å². The fourth-order valence-electron chi connectivity index (χ4n) is 5.06. The summed E-state index contributed by atoms with van der Waals surface area (Å²) >= 11 is 8.06. The van der Waals surface area contributed by atoms with E-state index in [-0.39, 0.29) is 19.1 Å². The molecule has 0 saturated heterocycles. The molecule has 0 spiro atoms. The molecule has 0 radical (unpaired) electrons. The Balaban J connectivity index is 1.22. The van der Waals surface area contributed by atoms with Crippen LogP contribution in [0.15, 0.2) is 107 Å². The maximum absolute atomic E-state index is 12.9. The number of aromatic amines is 1. The van der Waals surface area contributed by atoms with E-state index in [1.807, 2.05) is 54.9 Å². The van der Waals surface area contributed by atoms with Crippen LogP contribution in [-0.2, 0) is 11.3 Å². The Morgan fingerprint density at radius 3 is 2.45 bits per heavy atom. The molecule has 40 heavy (non-hydrogen) atoms. The third-order valence-corrected chi connectivity index (χ3v) is 8.58. The normalized spacial score (nSPS) is 12.0. The second-order valence-electron chi connectivity index (χ2n) is 9.34. The number of pyridine rings is 1. The fourth-order valence-corrected chi connectivity index (χ4v) is 6.37. The second kappa shape index (κ2) is 11.4. The number of nitrogens with zero attached hydrogens (tertiary/aromatic N) is 1. The number of benzene rings is 3. The maximum Gasteiger partial charge on any atom is 0.407 e. The predicted octanol–water partition coefficient (Wildman–Crippen LogP) is 7.73. The van der Waals surface area contributed by atoms with Crippen LogP contribution in [0.5, 0.6) is 0 Å². The Labute approximate surface area is 240 Å². The number of carbonyl (C=O) groups is 2. The van der Waals surface area contributed by atoms with E-state index in [2.05, 4.69) is 39.6 Å². The van der Waals surface area contributed by atoms with E-state index >= 15 is 0 Å². The summed E-state index contributed by atoms with van der Waals surface area (Å²) in [6.45, 7) is 0.405. The zero-order chi connectivity index (χ0) is 27.5. The van der Waals surface area contributed by atoms with Crippen molar-refractivity contribution in [2.75, 3.05) is 6.61 Å². The highest BCUT2D eigenvalue weighted by atomic mass is 35.5. The molecule has 6 nitrogen and oxygen atoms in total. The van der Waals surface area contributed by atoms with Crippen molar-refractivity contribution < 1.29 is 14.3 Å². The minimum Gasteiger partial charge on any atom is -0.449 e. The van der Waals surface area contributed by atoms with Gasteiger partial charge in [-0.05, 0) is 69.3 Å². The third-order valence-electron chi connectivity index (χ3n) is 6.94. The molecule has 198 valence electrons. The smallest absolute Gasteiger partial charge is 0.407 e. The van der Waals surface area contributed by atoms with Gasteiger partial charge in [-0.25, -0.2) is 9.78 Å². The lowest BCUT2D eigenvalue weighted by molar-refractivity contribution is 0.112. The number of hydrogen-bond acceptors (Lipinski definition) is 5. The van der Waals surface area contributed by atoms with Gasteiger partial charge in [-0.3, -0.25) is 4.79 Å². The molecule has 0 unspecified atom stereocenters. The Morgan fingerprint density at radius 2 is 1.75 bits per heavy atom. The van der Waals surface area contributed by atoms with Crippen LogP contribution in [0.3, 0.4) is 0 Å². The monoisotopic (exact) mass is 565 g/mol. The first-order chi connectivity index (χ1) is 19.6. The van der Waals surface area contributed by atoms with Gasteiger partial charge in [-0.2, -0.15) is 0 Å². The lowest BCUT2D eigenvalue weighted by Gasteiger charge is -2.16. The van der Waals surface area contributed by atoms with Crippen LogP contribution in [0.2, 0.25) is 5.02 Å². The SMILES string of the molecule is O=Cc1cccnc1Sc1c(Cl)cc(-c2cc[nH]c2)cc1CNC(=O)OCC1c2ccccc2-c2ccccc21. The van der Waals surface area contributed by atoms with Crippen molar-refractivity contribution in [2.45, 2.75) is 22.4 Å². The van der Waals surface area contributed by atoms with E-state index in [1.165, 1.54) is 22.9 Å². The maximum atomic E-state index is 12.9. The highest BCUT2D eigenvalue weighted by Gasteiger charge is 2.29. The molecule has 1 aliphatic carbocycles. The van der Waals surface area contributed by atoms with Crippen LogP contribution >= 0.6 is 23.4 Å². The van der Waals surface area contributed by atoms with E-state index in [0.29, 0.717) is 20.5 Å². The highest BCUT2D eigenvalue weighted by molar-refractivity contribution is 7.99. The fraction of sp³-hybridized carbons (Fsp3) is 0.0938. The van der Waals surface area contributed by atoms with Crippen LogP contribution in [0.25, 0.3) is 22.3 Å². The van der Waals surface area contributed by atoms with Gasteiger partial charge in [0.05, 0.1) is 5.02 Å². The van der Waals surface area contributed by atoms with E-state index in [0.717, 1.165) is 34.1 Å². The number of fused-ring (bicyclic) bond motifs is 3. The Morgan fingerprint density at radius 1 is 1.00 bits per heavy atom. The van der Waals surface area contributed by atoms with Crippen molar-refractivity contribution in [1.82, 2.24) is 15.3 Å². The topological polar surface area (TPSA) is 84.1 Å². The molecule has 2 N–H and O–H groups in total. The Hall–Kier alpha value is -4.33. The first kappa shape index (κ1) is 25.9. The first-order valence-corrected chi connectivity index (χ1v) is 13.9. The number of amides is 1. The molecule has 0 saturated carbocycles. The van der Waals surface area contributed by atoms with Gasteiger partial charge >= 0.3 is 6.09 Å². The summed E-state index contributed by atoms with van der Waals surface area (Å²) in [7, 11) is 0. The van der Waals surface area contributed by atoms with E-state index in [1.54, 1.807) is 18.3 Å². The summed E-state index contributed by atoms with van der Waals surface area (Å²) < 4.78 is 5.74. The molecular weight excluding hydrogens is 542 g/mol. The summed E-state index contributed by atoms with van der Waals surface area (Å²) in [6.07, 6.45) is 5.60. The molecule has 0 bridgehead atoms. The van der Waals surface area contributed by atoms with Crippen LogP contribution in [0.1, 0.15) is 33.0 Å². The van der Waals surface area contributed by atoms with Crippen LogP contribution in [0.4, 0.5) is 4.79 Å². The zero-order valence-electron chi connectivity index (χ0n) is 21.3. The molecule has 5 aromatic rings. The summed E-state index contributed by atoms with van der Waals surface area (Å²) in [4.78, 5) is 32.6. The lowest BCUT2D eigenvalue weighted by atomic mass is 9.98. The number of carbonyl (C=O) groups excluding carboxylic acids is 2. The summed E-state index contributed by atoms with van der Waals surface area (Å²) in [5, 5.41) is 3.93. The molecular formula is C32H24ClN3O3S. The molecule has 2 aromatic heterocycles. The minimum atomic E-state index is -0.521. The van der Waals surface area contributed by atoms with Crippen molar-refractivity contribution in [3.8, 4) is 22.3 Å². The molecule has 8 heteroatoms. The number of halogens is 1. The average Bonchev–Trinajstić information content (AvgIpc) is 3.64. The molecule has 6 rings (SSSR count). The molecule has 0 atom stereocenters. The van der Waals surface area contributed by atoms with Crippen molar-refractivity contribution >= 4 is 35.7 Å². The van der Waals surface area contributed by atoms with Gasteiger partial charge in [0.25, 0.3) is 0 Å². The van der Waals surface area contributed by atoms with Gasteiger partial charge in [-0.1, -0.05) is 71.9 Å². The van der Waals surface area contributed by atoms with E-state index < -0.39 is 6.09 Å². The number of aldehydes is 1. The van der Waals surface area contributed by atoms with E-state index in [4.69, 9.17) is 16.3 Å². The average molecular weight is 566 g/mol. The predicted molar refractivity (Wildman–Crippen MR) is 157 cm³/mol. The largest absolute Gasteiger partial charge is 0.449 e. The number of ether oxygens (including phenoxy) is 1. The highest BCUT2D eigenvalue weighted by Crippen LogP contribution is 2.44. The minimum absolute atomic E-state index is 0.0263. The molecule has 1 amide bonds. The van der Waals surface area contributed by atoms with Crippen LogP contribution in [0, 0.1) is 0 Å². The quantitative estimate of drug-likeness (QED) is 0.188. The summed E-state index contributed by atoms with van der Waals surface area (Å²) in [6, 6.07) is 25.7. The number of alkyl carbamates (subject to hydrolysis) is 1. The first-order valence-electron chi connectivity index (χ1n) is 12.7. The van der Waals surface area contributed by atoms with Gasteiger partial charge in [0.2, 0.25) is 0 Å². The van der Waals surface area contributed by atoms with Gasteiger partial charge in [-0.15, -0.1) is 0 Å². The van der Waals surface area contributed by atoms with Crippen LogP contribution < -0.4 is 5.32 Å². The molecule has 0 fully saturated rings. The van der Waals surface area contributed by atoms with Gasteiger partial charge < -0.3 is 15.0 Å². The lowest BCUT2D eigenvalue weighted by Crippen LogP contribution is -2.26. The van der Waals surface area contributed by atoms with E-state index in [9.17, 15) is 9.59 Å². The van der Waals surface area contributed by atoms with Crippen molar-refractivity contribution in [1.29, 1.82) is 0 Å². The van der Waals surface area contributed by atoms with Crippen LogP contribution in [-0.4, -0.2) is 29.0 Å². The third kappa shape index (κ3) is 5.13. The zero-order valence-corrected chi connectivity index (χ0v) is 22.8. The number of rotatable bonds is 8. The molecule has 2 heterocycles. The molecule has 1 aliphatic rings. The number of nitrogens with one attached hydrogen (secondary N) is 2. The Bertz CT molecular complexity index is 1660. The van der Waals surface area contributed by atoms with Crippen molar-refractivity contribution in [3.63, 3.8) is 0 Å². The number of aromatic nitrogens is 2. The van der Waals surface area contributed by atoms with Gasteiger partial charge in [0.1, 0.15) is 11.6 Å². The summed E-state index contributed by atoms with van der Waals surface area (Å²) in [5.74, 6) is -0.0263. The Kier molecular flexibility index (Phi) is 7.40. The second-order valence-corrected chi connectivity index (χ2v) is 10.7. The van der Waals surface area contributed by atoms with Crippen molar-refractivity contribution in [2.24, 2.45) is 0 Å². The summed E-state index contributed by atoms with van der Waals surface area (Å²) in [5.41, 5.74) is 7.77. The number of H-pyrrole nitrogens is 1. The molecule has 0 aliphatic heterocycles.